The van der Waals surface area contributed by atoms with Crippen molar-refractivity contribution >= 4 is 11.9 Å². The first-order valence-electron chi connectivity index (χ1n) is 4.78. The first-order valence-corrected chi connectivity index (χ1v) is 4.78. The van der Waals surface area contributed by atoms with Gasteiger partial charge in [0.2, 0.25) is 5.91 Å². The van der Waals surface area contributed by atoms with Crippen molar-refractivity contribution in [3.63, 3.8) is 0 Å². The predicted octanol–water partition coefficient (Wildman–Crippen LogP) is -1.34. The number of carboxylic acids is 1. The minimum absolute atomic E-state index is 0.144. The molecule has 0 radical (unpaired) electrons. The number of aliphatic hydroxyl groups is 2. The Morgan fingerprint density at radius 2 is 2.27 bits per heavy atom. The molecular weight excluding hydrogens is 202 g/mol. The molecular formula is C9H15NO5. The maximum atomic E-state index is 11.4. The average molecular weight is 217 g/mol. The van der Waals surface area contributed by atoms with Gasteiger partial charge < -0.3 is 20.2 Å². The van der Waals surface area contributed by atoms with Gasteiger partial charge in [0.05, 0.1) is 6.10 Å². The van der Waals surface area contributed by atoms with Crippen molar-refractivity contribution in [3.8, 4) is 0 Å². The summed E-state index contributed by atoms with van der Waals surface area (Å²) in [6.45, 7) is 1.38. The van der Waals surface area contributed by atoms with Crippen LogP contribution >= 0.6 is 0 Å². The zero-order valence-corrected chi connectivity index (χ0v) is 8.46. The Bertz CT molecular complexity index is 265. The molecule has 1 aliphatic heterocycles. The molecule has 1 amide bonds. The van der Waals surface area contributed by atoms with E-state index in [1.165, 1.54) is 6.92 Å². The lowest BCUT2D eigenvalue weighted by Gasteiger charge is -2.26. The second-order valence-corrected chi connectivity index (χ2v) is 3.82. The largest absolute Gasteiger partial charge is 0.480 e. The van der Waals surface area contributed by atoms with E-state index >= 15 is 0 Å². The lowest BCUT2D eigenvalue weighted by Crippen LogP contribution is -2.48. The van der Waals surface area contributed by atoms with E-state index in [0.29, 0.717) is 0 Å². The first kappa shape index (κ1) is 11.9. The van der Waals surface area contributed by atoms with Crippen LogP contribution in [0.3, 0.4) is 0 Å². The molecule has 0 saturated carbocycles. The van der Waals surface area contributed by atoms with E-state index < -0.39 is 18.1 Å². The number of hydrogen-bond acceptors (Lipinski definition) is 4. The van der Waals surface area contributed by atoms with Gasteiger partial charge in [0.25, 0.3) is 0 Å². The smallest absolute Gasteiger partial charge is 0.329 e. The van der Waals surface area contributed by atoms with Crippen molar-refractivity contribution in [1.82, 2.24) is 4.90 Å². The third-order valence-corrected chi connectivity index (χ3v) is 2.54. The van der Waals surface area contributed by atoms with Gasteiger partial charge in [-0.2, -0.15) is 0 Å². The van der Waals surface area contributed by atoms with Crippen LogP contribution in [-0.2, 0) is 9.59 Å². The SMILES string of the molecule is CC(O)C(C(=O)O)N1CC(CO)CC1=O. The molecule has 1 saturated heterocycles. The molecule has 0 aromatic rings. The predicted molar refractivity (Wildman–Crippen MR) is 50.0 cm³/mol. The van der Waals surface area contributed by atoms with Gasteiger partial charge >= 0.3 is 5.97 Å². The minimum atomic E-state index is -1.23. The number of hydrogen-bond donors (Lipinski definition) is 3. The van der Waals surface area contributed by atoms with Crippen molar-refractivity contribution in [2.24, 2.45) is 5.92 Å². The fourth-order valence-corrected chi connectivity index (χ4v) is 1.80. The Hall–Kier alpha value is -1.14. The third kappa shape index (κ3) is 2.45. The summed E-state index contributed by atoms with van der Waals surface area (Å²) in [5.74, 6) is -1.78. The number of likely N-dealkylation sites (tertiary alicyclic amines) is 1. The topological polar surface area (TPSA) is 98.1 Å². The van der Waals surface area contributed by atoms with Gasteiger partial charge in [-0.3, -0.25) is 4.79 Å². The number of carboxylic acid groups (broad SMARTS) is 1. The summed E-state index contributed by atoms with van der Waals surface area (Å²) < 4.78 is 0. The van der Waals surface area contributed by atoms with Gasteiger partial charge in [-0.15, -0.1) is 0 Å². The van der Waals surface area contributed by atoms with Crippen molar-refractivity contribution < 1.29 is 24.9 Å². The molecule has 15 heavy (non-hydrogen) atoms. The first-order chi connectivity index (χ1) is 6.97. The highest BCUT2D eigenvalue weighted by Gasteiger charge is 2.39. The number of rotatable bonds is 4. The van der Waals surface area contributed by atoms with Crippen molar-refractivity contribution in [2.45, 2.75) is 25.5 Å². The van der Waals surface area contributed by atoms with Crippen LogP contribution in [0.5, 0.6) is 0 Å². The van der Waals surface area contributed by atoms with Crippen LogP contribution in [0.1, 0.15) is 13.3 Å². The highest BCUT2D eigenvalue weighted by atomic mass is 16.4. The summed E-state index contributed by atoms with van der Waals surface area (Å²) in [5.41, 5.74) is 0. The molecule has 1 rings (SSSR count). The lowest BCUT2D eigenvalue weighted by molar-refractivity contribution is -0.152. The van der Waals surface area contributed by atoms with Crippen LogP contribution in [0, 0.1) is 5.92 Å². The second-order valence-electron chi connectivity index (χ2n) is 3.82. The summed E-state index contributed by atoms with van der Waals surface area (Å²) in [4.78, 5) is 23.4. The van der Waals surface area contributed by atoms with Crippen molar-refractivity contribution in [2.75, 3.05) is 13.2 Å². The second kappa shape index (κ2) is 4.59. The maximum Gasteiger partial charge on any atom is 0.329 e. The van der Waals surface area contributed by atoms with Gasteiger partial charge in [0.1, 0.15) is 0 Å². The molecule has 1 fully saturated rings. The molecule has 1 aliphatic rings. The van der Waals surface area contributed by atoms with E-state index in [4.69, 9.17) is 10.2 Å². The lowest BCUT2D eigenvalue weighted by atomic mass is 10.1. The van der Waals surface area contributed by atoms with Gasteiger partial charge in [0, 0.05) is 25.5 Å². The zero-order chi connectivity index (χ0) is 11.6. The quantitative estimate of drug-likeness (QED) is 0.541. The fourth-order valence-electron chi connectivity index (χ4n) is 1.80. The summed E-state index contributed by atoms with van der Waals surface area (Å²) in [7, 11) is 0. The van der Waals surface area contributed by atoms with Crippen LogP contribution < -0.4 is 0 Å². The number of carbonyl (C=O) groups excluding carboxylic acids is 1. The molecule has 86 valence electrons. The molecule has 3 unspecified atom stereocenters. The summed E-state index contributed by atoms with van der Waals surface area (Å²) in [6, 6.07) is -1.21. The Kier molecular flexibility index (Phi) is 3.65. The van der Waals surface area contributed by atoms with Gasteiger partial charge in [-0.1, -0.05) is 0 Å². The fraction of sp³-hybridized carbons (Fsp3) is 0.778. The molecule has 6 nitrogen and oxygen atoms in total. The summed E-state index contributed by atoms with van der Waals surface area (Å²) in [5, 5.41) is 27.0. The third-order valence-electron chi connectivity index (χ3n) is 2.54. The number of amides is 1. The van der Waals surface area contributed by atoms with Crippen molar-refractivity contribution in [3.05, 3.63) is 0 Å². The number of carbonyl (C=O) groups is 2. The Labute approximate surface area is 87.1 Å². The molecule has 1 heterocycles. The Morgan fingerprint density at radius 3 is 2.60 bits per heavy atom. The van der Waals surface area contributed by atoms with Crippen LogP contribution in [-0.4, -0.2) is 57.4 Å². The van der Waals surface area contributed by atoms with Gasteiger partial charge in [-0.25, -0.2) is 4.79 Å². The monoisotopic (exact) mass is 217 g/mol. The van der Waals surface area contributed by atoms with E-state index in [2.05, 4.69) is 0 Å². The average Bonchev–Trinajstić information content (AvgIpc) is 2.46. The highest BCUT2D eigenvalue weighted by molar-refractivity contribution is 5.85. The van der Waals surface area contributed by atoms with E-state index in [0.717, 1.165) is 4.90 Å². The molecule has 0 aliphatic carbocycles. The molecule has 0 spiro atoms. The van der Waals surface area contributed by atoms with Crippen molar-refractivity contribution in [1.29, 1.82) is 0 Å². The molecule has 3 atom stereocenters. The highest BCUT2D eigenvalue weighted by Crippen LogP contribution is 2.21. The number of nitrogens with zero attached hydrogens (tertiary/aromatic N) is 1. The number of aliphatic hydroxyl groups excluding tert-OH is 2. The summed E-state index contributed by atoms with van der Waals surface area (Å²) in [6.07, 6.45) is -0.976. The Morgan fingerprint density at radius 1 is 1.67 bits per heavy atom. The molecule has 6 heteroatoms. The van der Waals surface area contributed by atoms with Crippen LogP contribution in [0.15, 0.2) is 0 Å². The van der Waals surface area contributed by atoms with Crippen LogP contribution in [0.2, 0.25) is 0 Å². The van der Waals surface area contributed by atoms with Gasteiger partial charge in [-0.05, 0) is 6.92 Å². The van der Waals surface area contributed by atoms with Gasteiger partial charge in [0.15, 0.2) is 6.04 Å². The standard InChI is InChI=1S/C9H15NO5/c1-5(12)8(9(14)15)10-3-6(4-11)2-7(10)13/h5-6,8,11-12H,2-4H2,1H3,(H,14,15). The zero-order valence-electron chi connectivity index (χ0n) is 8.46. The maximum absolute atomic E-state index is 11.4. The molecule has 3 N–H and O–H groups in total. The molecule has 0 aromatic carbocycles. The molecule has 0 aromatic heterocycles. The number of aliphatic carboxylic acids is 1. The van der Waals surface area contributed by atoms with E-state index in [1.807, 2.05) is 0 Å². The van der Waals surface area contributed by atoms with Crippen LogP contribution in [0.4, 0.5) is 0 Å². The van der Waals surface area contributed by atoms with Crippen LogP contribution in [0.25, 0.3) is 0 Å². The minimum Gasteiger partial charge on any atom is -0.480 e. The summed E-state index contributed by atoms with van der Waals surface area (Å²) >= 11 is 0. The van der Waals surface area contributed by atoms with E-state index in [-0.39, 0.29) is 31.4 Å². The Balaban J connectivity index is 2.77. The normalized spacial score (nSPS) is 25.4. The molecule has 0 bridgehead atoms. The van der Waals surface area contributed by atoms with E-state index in [9.17, 15) is 14.7 Å². The van der Waals surface area contributed by atoms with E-state index in [1.54, 1.807) is 0 Å².